The van der Waals surface area contributed by atoms with Crippen LogP contribution in [0.5, 0.6) is 0 Å². The second kappa shape index (κ2) is 11.6. The highest BCUT2D eigenvalue weighted by Crippen LogP contribution is 2.45. The molecule has 2 nitrogen and oxygen atoms in total. The minimum Gasteiger partial charge on any atom is -0.414 e. The van der Waals surface area contributed by atoms with Crippen LogP contribution in [0.15, 0.2) is 0 Å². The first kappa shape index (κ1) is 23.1. The van der Waals surface area contributed by atoms with Crippen LogP contribution in [-0.4, -0.2) is 26.1 Å². The first-order valence-electron chi connectivity index (χ1n) is 9.97. The summed E-state index contributed by atoms with van der Waals surface area (Å²) >= 11 is 0. The summed E-state index contributed by atoms with van der Waals surface area (Å²) in [6.07, 6.45) is 11.3. The summed E-state index contributed by atoms with van der Waals surface area (Å²) in [4.78, 5) is 0. The van der Waals surface area contributed by atoms with E-state index in [0.29, 0.717) is 23.7 Å². The van der Waals surface area contributed by atoms with E-state index in [-0.39, 0.29) is 0 Å². The summed E-state index contributed by atoms with van der Waals surface area (Å²) in [7, 11) is -1.72. The van der Waals surface area contributed by atoms with Crippen LogP contribution in [0.3, 0.4) is 0 Å². The lowest BCUT2D eigenvalue weighted by Crippen LogP contribution is -2.47. The van der Waals surface area contributed by atoms with Crippen molar-refractivity contribution in [2.45, 2.75) is 117 Å². The molecule has 23 heavy (non-hydrogen) atoms. The van der Waals surface area contributed by atoms with Gasteiger partial charge in [0.1, 0.15) is 0 Å². The highest BCUT2D eigenvalue weighted by Gasteiger charge is 2.44. The lowest BCUT2D eigenvalue weighted by atomic mass is 9.99. The van der Waals surface area contributed by atoms with Crippen molar-refractivity contribution in [3.05, 3.63) is 0 Å². The molecule has 0 aliphatic heterocycles. The molecule has 0 aromatic heterocycles. The number of aliphatic hydroxyl groups excluding tert-OH is 1. The summed E-state index contributed by atoms with van der Waals surface area (Å²) in [5, 5.41) is 9.15. The predicted octanol–water partition coefficient (Wildman–Crippen LogP) is 6.54. The Morgan fingerprint density at radius 3 is 1.96 bits per heavy atom. The summed E-state index contributed by atoms with van der Waals surface area (Å²) in [5.74, 6) is 0.662. The van der Waals surface area contributed by atoms with Gasteiger partial charge in [-0.1, -0.05) is 73.1 Å². The van der Waals surface area contributed by atoms with E-state index in [1.807, 2.05) is 0 Å². The quantitative estimate of drug-likeness (QED) is 0.286. The Labute approximate surface area is 147 Å². The Morgan fingerprint density at radius 1 is 0.913 bits per heavy atom. The summed E-state index contributed by atoms with van der Waals surface area (Å²) in [6, 6.07) is 0. The van der Waals surface area contributed by atoms with E-state index in [1.54, 1.807) is 0 Å². The molecule has 0 aliphatic rings. The van der Waals surface area contributed by atoms with E-state index in [0.717, 1.165) is 12.8 Å². The smallest absolute Gasteiger partial charge is 0.192 e. The van der Waals surface area contributed by atoms with Gasteiger partial charge in [0.15, 0.2) is 8.32 Å². The first-order valence-corrected chi connectivity index (χ1v) is 12.9. The zero-order chi connectivity index (χ0) is 17.9. The molecular weight excluding hydrogens is 300 g/mol. The molecule has 1 N–H and O–H groups in total. The molecule has 1 atom stereocenters. The third-order valence-corrected chi connectivity index (χ3v) is 10.6. The van der Waals surface area contributed by atoms with Gasteiger partial charge in [-0.25, -0.2) is 0 Å². The van der Waals surface area contributed by atoms with E-state index < -0.39 is 8.32 Å². The van der Waals surface area contributed by atoms with Gasteiger partial charge in [-0.05, 0) is 43.3 Å². The Balaban J connectivity index is 4.47. The summed E-state index contributed by atoms with van der Waals surface area (Å²) in [6.45, 7) is 16.9. The fourth-order valence-corrected chi connectivity index (χ4v) is 5.74. The van der Waals surface area contributed by atoms with Crippen molar-refractivity contribution < 1.29 is 9.53 Å². The Morgan fingerprint density at radius 2 is 1.43 bits per heavy atom. The van der Waals surface area contributed by atoms with Crippen LogP contribution in [0.4, 0.5) is 0 Å². The van der Waals surface area contributed by atoms with Crippen LogP contribution in [0.1, 0.15) is 92.4 Å². The molecule has 0 aliphatic carbocycles. The third kappa shape index (κ3) is 8.69. The van der Waals surface area contributed by atoms with E-state index in [9.17, 15) is 0 Å². The minimum absolute atomic E-state index is 0.304. The Bertz CT molecular complexity index is 287. The fraction of sp³-hybridized carbons (Fsp3) is 1.00. The average molecular weight is 345 g/mol. The van der Waals surface area contributed by atoms with Crippen LogP contribution >= 0.6 is 0 Å². The number of hydrogen-bond acceptors (Lipinski definition) is 2. The highest BCUT2D eigenvalue weighted by molar-refractivity contribution is 6.74. The maximum Gasteiger partial charge on any atom is 0.192 e. The van der Waals surface area contributed by atoms with Crippen LogP contribution in [0, 0.1) is 5.92 Å². The van der Waals surface area contributed by atoms with Gasteiger partial charge in [0.2, 0.25) is 0 Å². The largest absolute Gasteiger partial charge is 0.414 e. The standard InChI is InChI=1S/C20H44O2Si/c1-8-9-15-19(16-13-11-10-12-14-17-21)22-23(6,7)20(4,5)18(2)3/h18-19,21H,8-17H2,1-7H3/t19-/m0/s1. The molecule has 0 amide bonds. The third-order valence-electron chi connectivity index (χ3n) is 6.02. The minimum atomic E-state index is -1.72. The van der Waals surface area contributed by atoms with Crippen molar-refractivity contribution in [2.24, 2.45) is 5.92 Å². The van der Waals surface area contributed by atoms with Gasteiger partial charge in [-0.3, -0.25) is 0 Å². The topological polar surface area (TPSA) is 29.5 Å². The van der Waals surface area contributed by atoms with Crippen molar-refractivity contribution in [1.29, 1.82) is 0 Å². The van der Waals surface area contributed by atoms with Crippen molar-refractivity contribution in [1.82, 2.24) is 0 Å². The van der Waals surface area contributed by atoms with Gasteiger partial charge in [0.25, 0.3) is 0 Å². The number of unbranched alkanes of at least 4 members (excludes halogenated alkanes) is 5. The van der Waals surface area contributed by atoms with Crippen molar-refractivity contribution >= 4 is 8.32 Å². The zero-order valence-electron chi connectivity index (χ0n) is 17.1. The Hall–Kier alpha value is 0.137. The lowest BCUT2D eigenvalue weighted by molar-refractivity contribution is 0.148. The van der Waals surface area contributed by atoms with E-state index >= 15 is 0 Å². The Kier molecular flexibility index (Phi) is 11.7. The van der Waals surface area contributed by atoms with E-state index in [2.05, 4.69) is 47.7 Å². The van der Waals surface area contributed by atoms with Crippen LogP contribution in [-0.2, 0) is 4.43 Å². The molecule has 0 saturated carbocycles. The molecule has 0 spiro atoms. The molecule has 0 heterocycles. The van der Waals surface area contributed by atoms with Gasteiger partial charge in [0, 0.05) is 12.7 Å². The van der Waals surface area contributed by atoms with Crippen LogP contribution in [0.25, 0.3) is 0 Å². The summed E-state index contributed by atoms with van der Waals surface area (Å²) in [5.41, 5.74) is 0. The molecule has 0 bridgehead atoms. The molecule has 0 aromatic carbocycles. The molecule has 0 aromatic rings. The molecule has 3 heteroatoms. The average Bonchev–Trinajstić information content (AvgIpc) is 2.47. The van der Waals surface area contributed by atoms with Crippen LogP contribution in [0.2, 0.25) is 18.1 Å². The first-order chi connectivity index (χ1) is 10.7. The van der Waals surface area contributed by atoms with Gasteiger partial charge < -0.3 is 9.53 Å². The zero-order valence-corrected chi connectivity index (χ0v) is 18.1. The monoisotopic (exact) mass is 344 g/mol. The number of rotatable bonds is 14. The molecule has 140 valence electrons. The lowest BCUT2D eigenvalue weighted by Gasteiger charge is -2.44. The van der Waals surface area contributed by atoms with E-state index in [4.69, 9.17) is 9.53 Å². The normalized spacial score (nSPS) is 14.5. The van der Waals surface area contributed by atoms with Crippen molar-refractivity contribution in [2.75, 3.05) is 6.61 Å². The molecule has 0 unspecified atom stereocenters. The summed E-state index contributed by atoms with van der Waals surface area (Å²) < 4.78 is 6.79. The van der Waals surface area contributed by atoms with Gasteiger partial charge in [-0.15, -0.1) is 0 Å². The van der Waals surface area contributed by atoms with Crippen molar-refractivity contribution in [3.63, 3.8) is 0 Å². The van der Waals surface area contributed by atoms with Crippen LogP contribution < -0.4 is 0 Å². The van der Waals surface area contributed by atoms with Gasteiger partial charge in [-0.2, -0.15) is 0 Å². The molecular formula is C20H44O2Si. The SMILES string of the molecule is CCCC[C@@H](CCCCCCCO)O[Si](C)(C)C(C)(C)C(C)C. The van der Waals surface area contributed by atoms with E-state index in [1.165, 1.54) is 44.9 Å². The van der Waals surface area contributed by atoms with Gasteiger partial charge in [0.05, 0.1) is 0 Å². The molecule has 0 fully saturated rings. The molecule has 0 radical (unpaired) electrons. The number of aliphatic hydroxyl groups is 1. The van der Waals surface area contributed by atoms with Gasteiger partial charge >= 0.3 is 0 Å². The second-order valence-electron chi connectivity index (χ2n) is 8.55. The maximum absolute atomic E-state index is 8.84. The molecule has 0 saturated heterocycles. The fourth-order valence-electron chi connectivity index (χ4n) is 2.97. The highest BCUT2D eigenvalue weighted by atomic mass is 28.4. The predicted molar refractivity (Wildman–Crippen MR) is 106 cm³/mol. The molecule has 0 rings (SSSR count). The number of hydrogen-bond donors (Lipinski definition) is 1. The second-order valence-corrected chi connectivity index (χ2v) is 13.1. The maximum atomic E-state index is 8.84. The van der Waals surface area contributed by atoms with Crippen molar-refractivity contribution in [3.8, 4) is 0 Å².